The summed E-state index contributed by atoms with van der Waals surface area (Å²) in [7, 11) is 0. The summed E-state index contributed by atoms with van der Waals surface area (Å²) in [5, 5.41) is 8.60. The average Bonchev–Trinajstić information content (AvgIpc) is 3.91. The van der Waals surface area contributed by atoms with Crippen LogP contribution in [0.4, 0.5) is 11.4 Å². The number of fused-ring (bicyclic) bond motifs is 10. The van der Waals surface area contributed by atoms with Crippen molar-refractivity contribution in [2.45, 2.75) is 0 Å². The first kappa shape index (κ1) is 32.8. The van der Waals surface area contributed by atoms with Gasteiger partial charge in [-0.15, -0.1) is 11.3 Å². The van der Waals surface area contributed by atoms with Crippen LogP contribution in [0.3, 0.4) is 0 Å². The highest BCUT2D eigenvalue weighted by atomic mass is 32.1. The molecule has 0 aliphatic carbocycles. The molecule has 3 nitrogen and oxygen atoms in total. The molecule has 0 saturated heterocycles. The maximum atomic E-state index is 4.77. The van der Waals surface area contributed by atoms with Gasteiger partial charge in [0.2, 0.25) is 0 Å². The minimum atomic E-state index is 0.967. The third-order valence-corrected chi connectivity index (χ3v) is 12.9. The summed E-state index contributed by atoms with van der Waals surface area (Å²) in [6.45, 7) is 4.77. The van der Waals surface area contributed by atoms with Crippen LogP contribution in [0, 0.1) is 0 Å². The van der Waals surface area contributed by atoms with E-state index in [2.05, 4.69) is 214 Å². The zero-order valence-corrected chi connectivity index (χ0v) is 32.3. The molecule has 0 N–H and O–H groups in total. The van der Waals surface area contributed by atoms with Crippen molar-refractivity contribution in [1.82, 2.24) is 9.13 Å². The number of nitrogens with zero attached hydrogens (tertiary/aromatic N) is 3. The summed E-state index contributed by atoms with van der Waals surface area (Å²) in [6, 6.07) is 68.2. The zero-order chi connectivity index (χ0) is 38.3. The van der Waals surface area contributed by atoms with Crippen molar-refractivity contribution in [2.24, 2.45) is 0 Å². The fraction of sp³-hybridized carbons (Fsp3) is 0. The lowest BCUT2D eigenvalue weighted by Crippen LogP contribution is -2.33. The van der Waals surface area contributed by atoms with Crippen LogP contribution in [0.25, 0.3) is 93.2 Å². The SMILES string of the molecule is C=C1/C=c2\c(n(-c3ccccc3)c3ccccc23)=C/N(c2ccccc2)c2ccc(-c3ccc4c5cc6c(cc5n(-c5ccccc5)c4c3)sc3ccccc36)cc21. The van der Waals surface area contributed by atoms with E-state index >= 15 is 0 Å². The van der Waals surface area contributed by atoms with E-state index in [0.29, 0.717) is 0 Å². The highest BCUT2D eigenvalue weighted by Gasteiger charge is 2.21. The number of allylic oxidation sites excluding steroid dienone is 1. The molecule has 0 saturated carbocycles. The Balaban J connectivity index is 1.08. The number of hydrogen-bond donors (Lipinski definition) is 0. The molecule has 12 rings (SSSR count). The molecule has 0 unspecified atom stereocenters. The minimum Gasteiger partial charge on any atom is -0.314 e. The number of para-hydroxylation sites is 4. The lowest BCUT2D eigenvalue weighted by atomic mass is 9.95. The predicted molar refractivity (Wildman–Crippen MR) is 248 cm³/mol. The average molecular weight is 758 g/mol. The first-order chi connectivity index (χ1) is 28.7. The summed E-state index contributed by atoms with van der Waals surface area (Å²) < 4.78 is 7.44. The van der Waals surface area contributed by atoms with Crippen molar-refractivity contribution in [3.63, 3.8) is 0 Å². The van der Waals surface area contributed by atoms with E-state index in [4.69, 9.17) is 6.58 Å². The van der Waals surface area contributed by atoms with Gasteiger partial charge in [0.1, 0.15) is 0 Å². The first-order valence-corrected chi connectivity index (χ1v) is 20.5. The smallest absolute Gasteiger partial charge is 0.0707 e. The van der Waals surface area contributed by atoms with Gasteiger partial charge in [-0.05, 0) is 102 Å². The van der Waals surface area contributed by atoms with Crippen LogP contribution in [-0.2, 0) is 0 Å². The fourth-order valence-electron chi connectivity index (χ4n) is 9.12. The Labute approximate surface area is 339 Å². The minimum absolute atomic E-state index is 0.967. The Morgan fingerprint density at radius 1 is 0.414 bits per heavy atom. The highest BCUT2D eigenvalue weighted by molar-refractivity contribution is 7.25. The van der Waals surface area contributed by atoms with Crippen LogP contribution >= 0.6 is 11.3 Å². The number of thiophene rings is 1. The molecule has 3 aromatic heterocycles. The molecule has 0 bridgehead atoms. The first-order valence-electron chi connectivity index (χ1n) is 19.7. The molecule has 272 valence electrons. The molecular weight excluding hydrogens is 723 g/mol. The van der Waals surface area contributed by atoms with Gasteiger partial charge in [-0.1, -0.05) is 116 Å². The van der Waals surface area contributed by atoms with Crippen molar-refractivity contribution in [1.29, 1.82) is 0 Å². The number of anilines is 2. The van der Waals surface area contributed by atoms with Gasteiger partial charge in [0.15, 0.2) is 0 Å². The molecule has 8 aromatic carbocycles. The summed E-state index contributed by atoms with van der Waals surface area (Å²) in [5.74, 6) is 0. The lowest BCUT2D eigenvalue weighted by molar-refractivity contribution is 1.06. The van der Waals surface area contributed by atoms with E-state index in [-0.39, 0.29) is 0 Å². The second-order valence-electron chi connectivity index (χ2n) is 15.1. The van der Waals surface area contributed by atoms with E-state index in [1.165, 1.54) is 47.4 Å². The maximum absolute atomic E-state index is 4.77. The van der Waals surface area contributed by atoms with Crippen LogP contribution < -0.4 is 15.5 Å². The zero-order valence-electron chi connectivity index (χ0n) is 31.5. The van der Waals surface area contributed by atoms with Gasteiger partial charge in [0.25, 0.3) is 0 Å². The van der Waals surface area contributed by atoms with E-state index in [0.717, 1.165) is 61.1 Å². The number of benzene rings is 8. The van der Waals surface area contributed by atoms with Crippen LogP contribution in [-0.4, -0.2) is 9.13 Å². The van der Waals surface area contributed by atoms with Crippen molar-refractivity contribution in [3.8, 4) is 22.5 Å². The van der Waals surface area contributed by atoms with Crippen LogP contribution in [0.15, 0.2) is 195 Å². The molecule has 0 spiro atoms. The van der Waals surface area contributed by atoms with E-state index in [9.17, 15) is 0 Å². The quantitative estimate of drug-likeness (QED) is 0.174. The largest absolute Gasteiger partial charge is 0.314 e. The van der Waals surface area contributed by atoms with Gasteiger partial charge in [0, 0.05) is 70.4 Å². The molecular formula is C54H35N3S. The van der Waals surface area contributed by atoms with Crippen molar-refractivity contribution in [3.05, 3.63) is 211 Å². The molecule has 1 aliphatic heterocycles. The monoisotopic (exact) mass is 757 g/mol. The van der Waals surface area contributed by atoms with Gasteiger partial charge >= 0.3 is 0 Å². The van der Waals surface area contributed by atoms with E-state index < -0.39 is 0 Å². The van der Waals surface area contributed by atoms with Crippen molar-refractivity contribution in [2.75, 3.05) is 4.90 Å². The maximum Gasteiger partial charge on any atom is 0.0707 e. The van der Waals surface area contributed by atoms with E-state index in [1.54, 1.807) is 0 Å². The van der Waals surface area contributed by atoms with Crippen molar-refractivity contribution >= 4 is 93.4 Å². The molecule has 4 heterocycles. The second kappa shape index (κ2) is 12.8. The number of hydrogen-bond acceptors (Lipinski definition) is 2. The summed E-state index contributed by atoms with van der Waals surface area (Å²) in [5.41, 5.74) is 12.4. The Hall–Kier alpha value is -7.40. The normalized spacial score (nSPS) is 13.9. The Morgan fingerprint density at radius 3 is 1.81 bits per heavy atom. The molecule has 0 atom stereocenters. The summed E-state index contributed by atoms with van der Waals surface area (Å²) in [4.78, 5) is 2.33. The third-order valence-electron chi connectivity index (χ3n) is 11.8. The van der Waals surface area contributed by atoms with Gasteiger partial charge in [0.05, 0.1) is 27.6 Å². The van der Waals surface area contributed by atoms with E-state index in [1.807, 2.05) is 11.3 Å². The lowest BCUT2D eigenvalue weighted by Gasteiger charge is -2.26. The second-order valence-corrected chi connectivity index (χ2v) is 16.2. The van der Waals surface area contributed by atoms with Gasteiger partial charge < -0.3 is 14.0 Å². The fourth-order valence-corrected chi connectivity index (χ4v) is 10.2. The van der Waals surface area contributed by atoms with Crippen LogP contribution in [0.2, 0.25) is 0 Å². The summed E-state index contributed by atoms with van der Waals surface area (Å²) >= 11 is 1.87. The predicted octanol–water partition coefficient (Wildman–Crippen LogP) is 13.1. The van der Waals surface area contributed by atoms with Gasteiger partial charge in [-0.3, -0.25) is 0 Å². The standard InChI is InChI=1S/C54H35N3S/c1-35-29-45-41-21-11-13-23-49(41)56(39-17-7-3-8-18-39)52(45)34-55(38-15-5-2-6-16-38)48-28-26-36(30-44(35)48)37-25-27-42-46-32-47-43-22-12-14-24-53(43)58-54(47)33-51(46)57(50(42)31-37)40-19-9-4-10-20-40/h2-34H,1H2/b45-29-,52-34+. The topological polar surface area (TPSA) is 13.1 Å². The number of aromatic nitrogens is 2. The molecule has 1 aliphatic rings. The molecule has 4 heteroatoms. The van der Waals surface area contributed by atoms with Crippen molar-refractivity contribution < 1.29 is 0 Å². The van der Waals surface area contributed by atoms with Gasteiger partial charge in [-0.25, -0.2) is 0 Å². The third kappa shape index (κ3) is 4.99. The molecule has 58 heavy (non-hydrogen) atoms. The summed E-state index contributed by atoms with van der Waals surface area (Å²) in [6.07, 6.45) is 4.59. The molecule has 0 amide bonds. The molecule has 0 radical (unpaired) electrons. The van der Waals surface area contributed by atoms with Gasteiger partial charge in [-0.2, -0.15) is 0 Å². The molecule has 0 fully saturated rings. The Bertz CT molecular complexity index is 3570. The van der Waals surface area contributed by atoms with Crippen LogP contribution in [0.1, 0.15) is 5.56 Å². The van der Waals surface area contributed by atoms with Crippen LogP contribution in [0.5, 0.6) is 0 Å². The highest BCUT2D eigenvalue weighted by Crippen LogP contribution is 2.43. The molecule has 11 aromatic rings. The Kier molecular flexibility index (Phi) is 7.25. The Morgan fingerprint density at radius 2 is 1.03 bits per heavy atom. The number of rotatable bonds is 4.